The number of halogens is 2. The molecule has 2 heterocycles. The molecule has 2 amide bonds. The minimum atomic E-state index is -0.293. The average Bonchev–Trinajstić information content (AvgIpc) is 3.40. The Balaban J connectivity index is 1.77. The standard InChI is InChI=1S/C23H28Cl2N2O4/c1-16(2)12-27(23(29)20-8-7-17(24)11-21(20)25)15-22(28)26(13-18-5-3-9-30-18)14-19-6-4-10-31-19/h3,5,7-9,11,16,19H,4,6,10,12-15H2,1-2H3. The van der Waals surface area contributed by atoms with Gasteiger partial charge in [-0.1, -0.05) is 37.0 Å². The van der Waals surface area contributed by atoms with Crippen molar-refractivity contribution in [3.63, 3.8) is 0 Å². The molecule has 0 saturated carbocycles. The van der Waals surface area contributed by atoms with Crippen LogP contribution >= 0.6 is 23.2 Å². The highest BCUT2D eigenvalue weighted by atomic mass is 35.5. The molecule has 1 unspecified atom stereocenters. The molecule has 1 aliphatic rings. The molecule has 0 radical (unpaired) electrons. The van der Waals surface area contributed by atoms with Gasteiger partial charge in [-0.05, 0) is 49.1 Å². The normalized spacial score (nSPS) is 16.0. The van der Waals surface area contributed by atoms with Gasteiger partial charge in [0.1, 0.15) is 12.3 Å². The van der Waals surface area contributed by atoms with E-state index in [0.29, 0.717) is 42.6 Å². The number of rotatable bonds is 9. The molecule has 0 aliphatic carbocycles. The maximum absolute atomic E-state index is 13.3. The van der Waals surface area contributed by atoms with Gasteiger partial charge in [-0.2, -0.15) is 0 Å². The van der Waals surface area contributed by atoms with Gasteiger partial charge in [0.25, 0.3) is 5.91 Å². The maximum atomic E-state index is 13.3. The van der Waals surface area contributed by atoms with E-state index in [0.717, 1.165) is 12.8 Å². The van der Waals surface area contributed by atoms with Crippen molar-refractivity contribution in [3.8, 4) is 0 Å². The first-order valence-electron chi connectivity index (χ1n) is 10.5. The predicted molar refractivity (Wildman–Crippen MR) is 120 cm³/mol. The first-order chi connectivity index (χ1) is 14.8. The lowest BCUT2D eigenvalue weighted by atomic mass is 10.1. The van der Waals surface area contributed by atoms with E-state index in [4.69, 9.17) is 32.4 Å². The third-order valence-corrected chi connectivity index (χ3v) is 5.64. The highest BCUT2D eigenvalue weighted by molar-refractivity contribution is 6.36. The van der Waals surface area contributed by atoms with Crippen LogP contribution in [0.25, 0.3) is 0 Å². The van der Waals surface area contributed by atoms with Crippen molar-refractivity contribution in [1.29, 1.82) is 0 Å². The second kappa shape index (κ2) is 11.0. The third-order valence-electron chi connectivity index (χ3n) is 5.09. The maximum Gasteiger partial charge on any atom is 0.255 e. The van der Waals surface area contributed by atoms with Gasteiger partial charge in [-0.25, -0.2) is 0 Å². The zero-order valence-electron chi connectivity index (χ0n) is 17.9. The van der Waals surface area contributed by atoms with E-state index in [2.05, 4.69) is 0 Å². The Morgan fingerprint density at radius 3 is 2.61 bits per heavy atom. The SMILES string of the molecule is CC(C)CN(CC(=O)N(Cc1ccco1)CC1CCCO1)C(=O)c1ccc(Cl)cc1Cl. The lowest BCUT2D eigenvalue weighted by Gasteiger charge is -2.30. The van der Waals surface area contributed by atoms with Gasteiger partial charge in [0.15, 0.2) is 0 Å². The fourth-order valence-electron chi connectivity index (χ4n) is 3.64. The molecule has 1 saturated heterocycles. The Hall–Kier alpha value is -2.02. The summed E-state index contributed by atoms with van der Waals surface area (Å²) in [6, 6.07) is 8.38. The minimum Gasteiger partial charge on any atom is -0.467 e. The molecule has 0 spiro atoms. The van der Waals surface area contributed by atoms with Crippen LogP contribution in [0.4, 0.5) is 0 Å². The highest BCUT2D eigenvalue weighted by Gasteiger charge is 2.27. The summed E-state index contributed by atoms with van der Waals surface area (Å²) in [6.45, 7) is 5.88. The number of carbonyl (C=O) groups excluding carboxylic acids is 2. The lowest BCUT2D eigenvalue weighted by molar-refractivity contribution is -0.134. The van der Waals surface area contributed by atoms with E-state index >= 15 is 0 Å². The molecule has 0 bridgehead atoms. The fourth-order valence-corrected chi connectivity index (χ4v) is 4.13. The van der Waals surface area contributed by atoms with Crippen LogP contribution in [0.15, 0.2) is 41.0 Å². The van der Waals surface area contributed by atoms with Gasteiger partial charge in [0.05, 0.1) is 29.5 Å². The second-order valence-corrected chi connectivity index (χ2v) is 9.04. The van der Waals surface area contributed by atoms with E-state index in [9.17, 15) is 9.59 Å². The van der Waals surface area contributed by atoms with Gasteiger partial charge >= 0.3 is 0 Å². The molecular weight excluding hydrogens is 439 g/mol. The molecule has 3 rings (SSSR count). The van der Waals surface area contributed by atoms with Crippen molar-refractivity contribution in [3.05, 3.63) is 58.0 Å². The zero-order valence-corrected chi connectivity index (χ0v) is 19.4. The Morgan fingerprint density at radius 1 is 1.19 bits per heavy atom. The molecule has 1 aromatic carbocycles. The summed E-state index contributed by atoms with van der Waals surface area (Å²) in [5.41, 5.74) is 0.330. The number of nitrogens with zero attached hydrogens (tertiary/aromatic N) is 2. The van der Waals surface area contributed by atoms with Crippen LogP contribution < -0.4 is 0 Å². The second-order valence-electron chi connectivity index (χ2n) is 8.19. The van der Waals surface area contributed by atoms with Crippen molar-refractivity contribution in [2.45, 2.75) is 39.3 Å². The summed E-state index contributed by atoms with van der Waals surface area (Å²) < 4.78 is 11.2. The molecule has 1 fully saturated rings. The number of hydrogen-bond acceptors (Lipinski definition) is 4. The topological polar surface area (TPSA) is 63.0 Å². The Labute approximate surface area is 193 Å². The smallest absolute Gasteiger partial charge is 0.255 e. The molecule has 6 nitrogen and oxygen atoms in total. The van der Waals surface area contributed by atoms with Crippen LogP contribution in [0.2, 0.25) is 10.0 Å². The Kier molecular flexibility index (Phi) is 8.41. The monoisotopic (exact) mass is 466 g/mol. The fraction of sp³-hybridized carbons (Fsp3) is 0.478. The molecule has 1 aliphatic heterocycles. The quantitative estimate of drug-likeness (QED) is 0.527. The van der Waals surface area contributed by atoms with Crippen molar-refractivity contribution in [2.24, 2.45) is 5.92 Å². The van der Waals surface area contributed by atoms with Crippen LogP contribution in [-0.4, -0.2) is 54.0 Å². The van der Waals surface area contributed by atoms with Gasteiger partial charge in [-0.15, -0.1) is 0 Å². The number of ether oxygens (including phenoxy) is 1. The molecule has 8 heteroatoms. The third kappa shape index (κ3) is 6.73. The van der Waals surface area contributed by atoms with Gasteiger partial charge in [0, 0.05) is 24.7 Å². The van der Waals surface area contributed by atoms with Crippen molar-refractivity contribution >= 4 is 35.0 Å². The minimum absolute atomic E-state index is 0.00104. The van der Waals surface area contributed by atoms with Gasteiger partial charge in [0.2, 0.25) is 5.91 Å². The van der Waals surface area contributed by atoms with Crippen LogP contribution in [-0.2, 0) is 16.1 Å². The molecule has 2 aromatic rings. The van der Waals surface area contributed by atoms with Crippen molar-refractivity contribution in [1.82, 2.24) is 9.80 Å². The molecule has 31 heavy (non-hydrogen) atoms. The van der Waals surface area contributed by atoms with Crippen LogP contribution in [0.5, 0.6) is 0 Å². The number of benzene rings is 1. The number of carbonyl (C=O) groups is 2. The first kappa shape index (κ1) is 23.6. The van der Waals surface area contributed by atoms with Crippen LogP contribution in [0.1, 0.15) is 42.8 Å². The van der Waals surface area contributed by atoms with Gasteiger partial charge < -0.3 is 19.0 Å². The molecule has 0 N–H and O–H groups in total. The van der Waals surface area contributed by atoms with Crippen LogP contribution in [0.3, 0.4) is 0 Å². The molecule has 1 atom stereocenters. The lowest BCUT2D eigenvalue weighted by Crippen LogP contribution is -2.46. The first-order valence-corrected chi connectivity index (χ1v) is 11.2. The van der Waals surface area contributed by atoms with Crippen molar-refractivity contribution in [2.75, 3.05) is 26.2 Å². The summed E-state index contributed by atoms with van der Waals surface area (Å²) in [4.78, 5) is 29.8. The zero-order chi connectivity index (χ0) is 22.4. The van der Waals surface area contributed by atoms with Gasteiger partial charge in [-0.3, -0.25) is 9.59 Å². The highest BCUT2D eigenvalue weighted by Crippen LogP contribution is 2.23. The summed E-state index contributed by atoms with van der Waals surface area (Å²) in [7, 11) is 0. The predicted octanol–water partition coefficient (Wildman–Crippen LogP) is 4.89. The Bertz CT molecular complexity index is 880. The number of furan rings is 1. The number of amides is 2. The average molecular weight is 467 g/mol. The molecular formula is C23H28Cl2N2O4. The molecule has 1 aromatic heterocycles. The van der Waals surface area contributed by atoms with E-state index in [1.165, 1.54) is 6.07 Å². The van der Waals surface area contributed by atoms with E-state index < -0.39 is 0 Å². The largest absolute Gasteiger partial charge is 0.467 e. The van der Waals surface area contributed by atoms with E-state index in [1.54, 1.807) is 34.3 Å². The summed E-state index contributed by atoms with van der Waals surface area (Å²) >= 11 is 12.2. The number of hydrogen-bond donors (Lipinski definition) is 0. The Morgan fingerprint density at radius 2 is 2.00 bits per heavy atom. The molecule has 168 valence electrons. The summed E-state index contributed by atoms with van der Waals surface area (Å²) in [5.74, 6) is 0.415. The van der Waals surface area contributed by atoms with E-state index in [1.807, 2.05) is 19.9 Å². The van der Waals surface area contributed by atoms with Crippen molar-refractivity contribution < 1.29 is 18.7 Å². The van der Waals surface area contributed by atoms with E-state index in [-0.39, 0.29) is 35.4 Å². The van der Waals surface area contributed by atoms with Crippen LogP contribution in [0, 0.1) is 5.92 Å². The summed E-state index contributed by atoms with van der Waals surface area (Å²) in [5, 5.41) is 0.722. The summed E-state index contributed by atoms with van der Waals surface area (Å²) in [6.07, 6.45) is 3.48.